The molecule has 3 heteroatoms. The lowest BCUT2D eigenvalue weighted by molar-refractivity contribution is 0.0287. The molecule has 1 heterocycles. The minimum atomic E-state index is -0.248. The largest absolute Gasteiger partial charge is 0.455 e. The van der Waals surface area contributed by atoms with E-state index in [4.69, 9.17) is 9.47 Å². The van der Waals surface area contributed by atoms with E-state index in [-0.39, 0.29) is 18.2 Å². The minimum Gasteiger partial charge on any atom is -0.455 e. The second kappa shape index (κ2) is 4.94. The van der Waals surface area contributed by atoms with Gasteiger partial charge < -0.3 is 9.47 Å². The lowest BCUT2D eigenvalue weighted by atomic mass is 9.89. The lowest BCUT2D eigenvalue weighted by Gasteiger charge is -2.25. The molecule has 3 rings (SSSR count). The van der Waals surface area contributed by atoms with E-state index in [2.05, 4.69) is 0 Å². The lowest BCUT2D eigenvalue weighted by Crippen LogP contribution is -2.27. The summed E-state index contributed by atoms with van der Waals surface area (Å²) in [5.74, 6) is 0.256. The molecule has 1 aliphatic carbocycles. The van der Waals surface area contributed by atoms with Crippen molar-refractivity contribution in [2.45, 2.75) is 25.0 Å². The van der Waals surface area contributed by atoms with Crippen LogP contribution in [0.15, 0.2) is 42.5 Å². The molecule has 3 atom stereocenters. The Balaban J connectivity index is 1.64. The molecule has 18 heavy (non-hydrogen) atoms. The summed E-state index contributed by atoms with van der Waals surface area (Å²) in [6.45, 7) is 0.818. The highest BCUT2D eigenvalue weighted by atomic mass is 16.5. The first-order chi connectivity index (χ1) is 8.83. The van der Waals surface area contributed by atoms with Crippen LogP contribution >= 0.6 is 0 Å². The average Bonchev–Trinajstić information content (AvgIpc) is 2.87. The SMILES string of the molecule is O=C(O[C@@H]1C=C[C@@H]2OCC[C@@H]2C1)c1ccccc1. The van der Waals surface area contributed by atoms with E-state index >= 15 is 0 Å². The Morgan fingerprint density at radius 1 is 1.22 bits per heavy atom. The number of hydrogen-bond donors (Lipinski definition) is 0. The molecule has 1 aliphatic heterocycles. The molecule has 0 spiro atoms. The van der Waals surface area contributed by atoms with Crippen molar-refractivity contribution in [2.75, 3.05) is 6.61 Å². The fraction of sp³-hybridized carbons (Fsp3) is 0.400. The van der Waals surface area contributed by atoms with Crippen molar-refractivity contribution in [2.24, 2.45) is 5.92 Å². The Bertz CT molecular complexity index is 452. The Morgan fingerprint density at radius 2 is 2.06 bits per heavy atom. The molecule has 1 saturated heterocycles. The predicted molar refractivity (Wildman–Crippen MR) is 67.2 cm³/mol. The number of benzene rings is 1. The third-order valence-corrected chi connectivity index (χ3v) is 3.58. The Morgan fingerprint density at radius 3 is 2.89 bits per heavy atom. The van der Waals surface area contributed by atoms with Crippen LogP contribution in [0.5, 0.6) is 0 Å². The van der Waals surface area contributed by atoms with E-state index in [0.29, 0.717) is 11.5 Å². The number of carbonyl (C=O) groups excluding carboxylic acids is 1. The predicted octanol–water partition coefficient (Wildman–Crippen LogP) is 2.58. The maximum atomic E-state index is 11.9. The third-order valence-electron chi connectivity index (χ3n) is 3.58. The van der Waals surface area contributed by atoms with Crippen molar-refractivity contribution in [1.82, 2.24) is 0 Å². The van der Waals surface area contributed by atoms with Crippen LogP contribution in [-0.4, -0.2) is 24.8 Å². The number of fused-ring (bicyclic) bond motifs is 1. The van der Waals surface area contributed by atoms with Gasteiger partial charge in [0.25, 0.3) is 0 Å². The molecule has 0 aromatic heterocycles. The van der Waals surface area contributed by atoms with Gasteiger partial charge in [-0.2, -0.15) is 0 Å². The summed E-state index contributed by atoms with van der Waals surface area (Å²) in [6, 6.07) is 9.12. The number of ether oxygens (including phenoxy) is 2. The first-order valence-electron chi connectivity index (χ1n) is 6.39. The second-order valence-electron chi connectivity index (χ2n) is 4.81. The minimum absolute atomic E-state index is 0.111. The standard InChI is InChI=1S/C15H16O3/c16-15(11-4-2-1-3-5-11)18-13-6-7-14-12(10-13)8-9-17-14/h1-7,12-14H,8-10H2/t12-,13-,14+/m1/s1. The number of rotatable bonds is 2. The highest BCUT2D eigenvalue weighted by Crippen LogP contribution is 2.31. The fourth-order valence-electron chi connectivity index (χ4n) is 2.60. The average molecular weight is 244 g/mol. The molecule has 1 aromatic carbocycles. The number of esters is 1. The Kier molecular flexibility index (Phi) is 3.15. The summed E-state index contributed by atoms with van der Waals surface area (Å²) in [5, 5.41) is 0. The number of carbonyl (C=O) groups is 1. The molecular weight excluding hydrogens is 228 g/mol. The zero-order valence-electron chi connectivity index (χ0n) is 10.1. The molecule has 0 radical (unpaired) electrons. The second-order valence-corrected chi connectivity index (χ2v) is 4.81. The molecule has 0 amide bonds. The zero-order valence-corrected chi connectivity index (χ0v) is 10.1. The van der Waals surface area contributed by atoms with Gasteiger partial charge in [0.05, 0.1) is 11.7 Å². The van der Waals surface area contributed by atoms with Crippen molar-refractivity contribution in [1.29, 1.82) is 0 Å². The summed E-state index contributed by atoms with van der Waals surface area (Å²) in [6.07, 6.45) is 6.04. The van der Waals surface area contributed by atoms with Gasteiger partial charge in [0.15, 0.2) is 0 Å². The summed E-state index contributed by atoms with van der Waals surface area (Å²) >= 11 is 0. The van der Waals surface area contributed by atoms with Crippen LogP contribution in [0.4, 0.5) is 0 Å². The van der Waals surface area contributed by atoms with Crippen molar-refractivity contribution in [3.05, 3.63) is 48.0 Å². The van der Waals surface area contributed by atoms with Crippen molar-refractivity contribution >= 4 is 5.97 Å². The highest BCUT2D eigenvalue weighted by molar-refractivity contribution is 5.89. The number of hydrogen-bond acceptors (Lipinski definition) is 3. The normalized spacial score (nSPS) is 29.9. The van der Waals surface area contributed by atoms with Crippen LogP contribution in [-0.2, 0) is 9.47 Å². The van der Waals surface area contributed by atoms with E-state index < -0.39 is 0 Å². The van der Waals surface area contributed by atoms with Gasteiger partial charge in [-0.1, -0.05) is 24.3 Å². The first kappa shape index (κ1) is 11.5. The molecule has 1 aromatic rings. The smallest absolute Gasteiger partial charge is 0.338 e. The summed E-state index contributed by atoms with van der Waals surface area (Å²) in [5.41, 5.74) is 0.607. The summed E-state index contributed by atoms with van der Waals surface area (Å²) in [4.78, 5) is 11.9. The Hall–Kier alpha value is -1.61. The van der Waals surface area contributed by atoms with Gasteiger partial charge >= 0.3 is 5.97 Å². The molecule has 3 nitrogen and oxygen atoms in total. The molecular formula is C15H16O3. The molecule has 0 unspecified atom stereocenters. The van der Waals surface area contributed by atoms with Crippen LogP contribution in [0.2, 0.25) is 0 Å². The van der Waals surface area contributed by atoms with Crippen molar-refractivity contribution in [3.63, 3.8) is 0 Å². The van der Waals surface area contributed by atoms with Gasteiger partial charge in [-0.25, -0.2) is 4.79 Å². The quantitative estimate of drug-likeness (QED) is 0.592. The van der Waals surface area contributed by atoms with Crippen molar-refractivity contribution in [3.8, 4) is 0 Å². The van der Waals surface area contributed by atoms with E-state index in [1.807, 2.05) is 30.4 Å². The van der Waals surface area contributed by atoms with Gasteiger partial charge in [-0.15, -0.1) is 0 Å². The van der Waals surface area contributed by atoms with Gasteiger partial charge in [-0.3, -0.25) is 0 Å². The van der Waals surface area contributed by atoms with Crippen LogP contribution in [0.25, 0.3) is 0 Å². The van der Waals surface area contributed by atoms with Gasteiger partial charge in [0, 0.05) is 6.61 Å². The summed E-state index contributed by atoms with van der Waals surface area (Å²) in [7, 11) is 0. The monoisotopic (exact) mass is 244 g/mol. The van der Waals surface area contributed by atoms with Gasteiger partial charge in [-0.05, 0) is 37.0 Å². The molecule has 2 aliphatic rings. The maximum absolute atomic E-state index is 11.9. The van der Waals surface area contributed by atoms with E-state index in [1.54, 1.807) is 12.1 Å². The molecule has 0 N–H and O–H groups in total. The van der Waals surface area contributed by atoms with Gasteiger partial charge in [0.2, 0.25) is 0 Å². The molecule has 1 fully saturated rings. The van der Waals surface area contributed by atoms with Gasteiger partial charge in [0.1, 0.15) is 6.10 Å². The van der Waals surface area contributed by atoms with E-state index in [0.717, 1.165) is 19.4 Å². The van der Waals surface area contributed by atoms with Crippen LogP contribution in [0.1, 0.15) is 23.2 Å². The Labute approximate surface area is 106 Å². The van der Waals surface area contributed by atoms with E-state index in [1.165, 1.54) is 0 Å². The van der Waals surface area contributed by atoms with Crippen molar-refractivity contribution < 1.29 is 14.3 Å². The van der Waals surface area contributed by atoms with Crippen LogP contribution in [0, 0.1) is 5.92 Å². The molecule has 0 bridgehead atoms. The van der Waals surface area contributed by atoms with Crippen LogP contribution < -0.4 is 0 Å². The van der Waals surface area contributed by atoms with Crippen LogP contribution in [0.3, 0.4) is 0 Å². The first-order valence-corrected chi connectivity index (χ1v) is 6.39. The molecule has 0 saturated carbocycles. The maximum Gasteiger partial charge on any atom is 0.338 e. The third kappa shape index (κ3) is 2.31. The summed E-state index contributed by atoms with van der Waals surface area (Å²) < 4.78 is 11.1. The fourth-order valence-corrected chi connectivity index (χ4v) is 2.60. The topological polar surface area (TPSA) is 35.5 Å². The van der Waals surface area contributed by atoms with E-state index in [9.17, 15) is 4.79 Å². The molecule has 94 valence electrons. The zero-order chi connectivity index (χ0) is 12.4. The highest BCUT2D eigenvalue weighted by Gasteiger charge is 2.32.